The van der Waals surface area contributed by atoms with E-state index in [0.29, 0.717) is 0 Å². The molecule has 214 valence electrons. The van der Waals surface area contributed by atoms with Gasteiger partial charge in [-0.05, 0) is 79.5 Å². The lowest BCUT2D eigenvalue weighted by molar-refractivity contribution is 1.32. The SMILES string of the molecule is c1ccc2cc(N(c3ccc4c(c3)sc3ccccc34)c3cc4ccccc4c4c3ccc3ccc5ccccc5c34)ccc2c1. The molecule has 0 bridgehead atoms. The van der Waals surface area contributed by atoms with Crippen molar-refractivity contribution in [2.75, 3.05) is 4.90 Å². The van der Waals surface area contributed by atoms with Crippen molar-refractivity contribution in [2.45, 2.75) is 0 Å². The molecule has 9 aromatic carbocycles. The molecule has 1 aromatic heterocycles. The zero-order valence-electron chi connectivity index (χ0n) is 24.9. The van der Waals surface area contributed by atoms with Gasteiger partial charge in [-0.2, -0.15) is 0 Å². The second-order valence-electron chi connectivity index (χ2n) is 12.1. The molecule has 0 saturated heterocycles. The van der Waals surface area contributed by atoms with Crippen LogP contribution in [-0.4, -0.2) is 0 Å². The molecule has 0 aliphatic carbocycles. The van der Waals surface area contributed by atoms with Crippen LogP contribution in [0, 0.1) is 0 Å². The van der Waals surface area contributed by atoms with Gasteiger partial charge in [-0.1, -0.05) is 127 Å². The van der Waals surface area contributed by atoms with E-state index < -0.39 is 0 Å². The Bertz CT molecular complexity index is 2820. The predicted molar refractivity (Wildman–Crippen MR) is 202 cm³/mol. The van der Waals surface area contributed by atoms with Gasteiger partial charge < -0.3 is 4.90 Å². The molecule has 0 aliphatic rings. The van der Waals surface area contributed by atoms with Gasteiger partial charge in [0.05, 0.1) is 5.69 Å². The second-order valence-corrected chi connectivity index (χ2v) is 13.2. The summed E-state index contributed by atoms with van der Waals surface area (Å²) in [5, 5.41) is 15.3. The number of hydrogen-bond acceptors (Lipinski definition) is 2. The van der Waals surface area contributed by atoms with Crippen LogP contribution in [0.15, 0.2) is 164 Å². The standard InChI is InChI=1S/C44H27NS/c1-2-11-31-25-33(21-19-28(31)9-1)45(34-22-24-38-37-15-7-8-16-41(37)46-42(38)27-34)40-26-32-12-4-6-14-36(32)44-39(40)23-20-30-18-17-29-10-3-5-13-35(29)43(30)44/h1-27H. The first-order chi connectivity index (χ1) is 22.8. The van der Waals surface area contributed by atoms with E-state index in [9.17, 15) is 0 Å². The van der Waals surface area contributed by atoms with E-state index in [4.69, 9.17) is 0 Å². The van der Waals surface area contributed by atoms with E-state index in [0.717, 1.165) is 11.4 Å². The molecule has 46 heavy (non-hydrogen) atoms. The lowest BCUT2D eigenvalue weighted by Crippen LogP contribution is -2.10. The maximum Gasteiger partial charge on any atom is 0.0546 e. The fraction of sp³-hybridized carbons (Fsp3) is 0. The summed E-state index contributed by atoms with van der Waals surface area (Å²) in [6.45, 7) is 0. The molecule has 1 heterocycles. The highest BCUT2D eigenvalue weighted by Crippen LogP contribution is 2.47. The van der Waals surface area contributed by atoms with Crippen LogP contribution >= 0.6 is 11.3 Å². The highest BCUT2D eigenvalue weighted by Gasteiger charge is 2.20. The Hall–Kier alpha value is -5.70. The van der Waals surface area contributed by atoms with Crippen LogP contribution in [0.5, 0.6) is 0 Å². The third kappa shape index (κ3) is 3.81. The summed E-state index contributed by atoms with van der Waals surface area (Å²) < 4.78 is 2.62. The van der Waals surface area contributed by atoms with Gasteiger partial charge in [-0.15, -0.1) is 11.3 Å². The van der Waals surface area contributed by atoms with Crippen LogP contribution in [0.2, 0.25) is 0 Å². The molecule has 0 atom stereocenters. The van der Waals surface area contributed by atoms with Crippen molar-refractivity contribution in [3.8, 4) is 0 Å². The van der Waals surface area contributed by atoms with Crippen molar-refractivity contribution in [2.24, 2.45) is 0 Å². The zero-order chi connectivity index (χ0) is 30.2. The lowest BCUT2D eigenvalue weighted by atomic mass is 9.91. The van der Waals surface area contributed by atoms with Gasteiger partial charge in [-0.3, -0.25) is 0 Å². The molecule has 0 saturated carbocycles. The molecule has 0 amide bonds. The van der Waals surface area contributed by atoms with E-state index in [1.54, 1.807) is 0 Å². The average molecular weight is 602 g/mol. The lowest BCUT2D eigenvalue weighted by Gasteiger charge is -2.28. The van der Waals surface area contributed by atoms with Gasteiger partial charge >= 0.3 is 0 Å². The van der Waals surface area contributed by atoms with Gasteiger partial charge in [0.15, 0.2) is 0 Å². The molecule has 0 N–H and O–H groups in total. The quantitative estimate of drug-likeness (QED) is 0.182. The maximum absolute atomic E-state index is 2.47. The van der Waals surface area contributed by atoms with Gasteiger partial charge in [0, 0.05) is 42.3 Å². The largest absolute Gasteiger partial charge is 0.310 e. The maximum atomic E-state index is 2.47. The Morgan fingerprint density at radius 3 is 1.76 bits per heavy atom. The monoisotopic (exact) mass is 601 g/mol. The van der Waals surface area contributed by atoms with E-state index in [1.165, 1.54) is 79.7 Å². The number of benzene rings is 9. The average Bonchev–Trinajstić information content (AvgIpc) is 3.49. The predicted octanol–water partition coefficient (Wildman–Crippen LogP) is 13.3. The smallest absolute Gasteiger partial charge is 0.0546 e. The van der Waals surface area contributed by atoms with Crippen LogP contribution in [0.3, 0.4) is 0 Å². The van der Waals surface area contributed by atoms with E-state index in [-0.39, 0.29) is 0 Å². The minimum absolute atomic E-state index is 1.15. The number of hydrogen-bond donors (Lipinski definition) is 0. The molecule has 0 aliphatic heterocycles. The van der Waals surface area contributed by atoms with Crippen molar-refractivity contribution in [3.05, 3.63) is 164 Å². The molecule has 0 fully saturated rings. The van der Waals surface area contributed by atoms with Crippen LogP contribution in [0.25, 0.3) is 74.0 Å². The first kappa shape index (κ1) is 25.6. The summed E-state index contributed by atoms with van der Waals surface area (Å²) in [5.41, 5.74) is 3.48. The van der Waals surface area contributed by atoms with Crippen LogP contribution in [-0.2, 0) is 0 Å². The van der Waals surface area contributed by atoms with E-state index in [1.807, 2.05) is 11.3 Å². The van der Waals surface area contributed by atoms with Gasteiger partial charge in [0.2, 0.25) is 0 Å². The molecule has 10 rings (SSSR count). The summed E-state index contributed by atoms with van der Waals surface area (Å²) in [7, 11) is 0. The number of fused-ring (bicyclic) bond motifs is 11. The number of rotatable bonds is 3. The summed E-state index contributed by atoms with van der Waals surface area (Å²) in [6.07, 6.45) is 0. The minimum Gasteiger partial charge on any atom is -0.310 e. The molecular weight excluding hydrogens is 575 g/mol. The van der Waals surface area contributed by atoms with Gasteiger partial charge in [0.25, 0.3) is 0 Å². The second kappa shape index (κ2) is 9.90. The molecule has 0 unspecified atom stereocenters. The highest BCUT2D eigenvalue weighted by atomic mass is 32.1. The molecule has 10 aromatic rings. The number of nitrogens with zero attached hydrogens (tertiary/aromatic N) is 1. The number of thiophene rings is 1. The number of anilines is 3. The van der Waals surface area contributed by atoms with Crippen LogP contribution in [0.1, 0.15) is 0 Å². The summed E-state index contributed by atoms with van der Waals surface area (Å²) in [6, 6.07) is 60.4. The first-order valence-electron chi connectivity index (χ1n) is 15.8. The third-order valence-corrected chi connectivity index (χ3v) is 10.7. The van der Waals surface area contributed by atoms with Gasteiger partial charge in [-0.25, -0.2) is 0 Å². The first-order valence-corrected chi connectivity index (χ1v) is 16.6. The topological polar surface area (TPSA) is 3.24 Å². The Balaban J connectivity index is 1.35. The normalized spacial score (nSPS) is 11.9. The highest BCUT2D eigenvalue weighted by molar-refractivity contribution is 7.25. The summed E-state index contributed by atoms with van der Waals surface area (Å²) >= 11 is 1.87. The fourth-order valence-corrected chi connectivity index (χ4v) is 8.59. The Morgan fingerprint density at radius 2 is 0.891 bits per heavy atom. The van der Waals surface area contributed by atoms with Crippen LogP contribution in [0.4, 0.5) is 17.1 Å². The van der Waals surface area contributed by atoms with Crippen molar-refractivity contribution in [3.63, 3.8) is 0 Å². The van der Waals surface area contributed by atoms with Crippen molar-refractivity contribution in [1.82, 2.24) is 0 Å². The third-order valence-electron chi connectivity index (χ3n) is 9.56. The van der Waals surface area contributed by atoms with Crippen molar-refractivity contribution >= 4 is 102 Å². The van der Waals surface area contributed by atoms with E-state index >= 15 is 0 Å². The van der Waals surface area contributed by atoms with Crippen molar-refractivity contribution in [1.29, 1.82) is 0 Å². The molecule has 1 nitrogen and oxygen atoms in total. The minimum atomic E-state index is 1.15. The molecular formula is C44H27NS. The van der Waals surface area contributed by atoms with Gasteiger partial charge in [0.1, 0.15) is 0 Å². The summed E-state index contributed by atoms with van der Waals surface area (Å²) in [5.74, 6) is 0. The van der Waals surface area contributed by atoms with Crippen LogP contribution < -0.4 is 4.90 Å². The molecule has 0 radical (unpaired) electrons. The summed E-state index contributed by atoms with van der Waals surface area (Å²) in [4.78, 5) is 2.47. The zero-order valence-corrected chi connectivity index (χ0v) is 25.8. The molecule has 0 spiro atoms. The Labute approximate surface area is 270 Å². The fourth-order valence-electron chi connectivity index (χ4n) is 7.45. The van der Waals surface area contributed by atoms with Crippen molar-refractivity contribution < 1.29 is 0 Å². The molecule has 2 heteroatoms. The Kier molecular flexibility index (Phi) is 5.51. The van der Waals surface area contributed by atoms with E-state index in [2.05, 4.69) is 169 Å². The Morgan fingerprint density at radius 1 is 0.326 bits per heavy atom.